The lowest BCUT2D eigenvalue weighted by molar-refractivity contribution is 0.0908. The van der Waals surface area contributed by atoms with Gasteiger partial charge in [0.25, 0.3) is 5.91 Å². The standard InChI is InChI=1S/C17H23N5OS/c18-9-14-3-1-2-4-15(14)21-16(23)13-7-5-12(6-8-13)10-24-17-19-11-20-22-17/h5-8,11,14-15H,1-4,9-10,18H2,(H,21,23)(H,19,20,22). The number of carbonyl (C=O) groups is 1. The van der Waals surface area contributed by atoms with Gasteiger partial charge in [0, 0.05) is 17.4 Å². The van der Waals surface area contributed by atoms with Crippen molar-refractivity contribution in [2.45, 2.75) is 42.6 Å². The van der Waals surface area contributed by atoms with Gasteiger partial charge in [-0.2, -0.15) is 5.10 Å². The summed E-state index contributed by atoms with van der Waals surface area (Å²) in [5.74, 6) is 1.18. The van der Waals surface area contributed by atoms with Crippen molar-refractivity contribution in [3.63, 3.8) is 0 Å². The molecule has 1 aliphatic rings. The van der Waals surface area contributed by atoms with Crippen molar-refractivity contribution in [2.75, 3.05) is 6.54 Å². The summed E-state index contributed by atoms with van der Waals surface area (Å²) < 4.78 is 0. The minimum Gasteiger partial charge on any atom is -0.349 e. The summed E-state index contributed by atoms with van der Waals surface area (Å²) in [6.45, 7) is 0.642. The number of H-pyrrole nitrogens is 1. The molecule has 0 saturated heterocycles. The molecule has 0 aliphatic heterocycles. The van der Waals surface area contributed by atoms with Gasteiger partial charge in [0.05, 0.1) is 0 Å². The summed E-state index contributed by atoms with van der Waals surface area (Å²) >= 11 is 1.58. The SMILES string of the molecule is NCC1CCCCC1NC(=O)c1ccc(CSc2ncn[nH]2)cc1. The number of rotatable bonds is 6. The Morgan fingerprint density at radius 2 is 2.08 bits per heavy atom. The van der Waals surface area contributed by atoms with Crippen LogP contribution < -0.4 is 11.1 Å². The Hall–Kier alpha value is -1.86. The van der Waals surface area contributed by atoms with Crippen molar-refractivity contribution >= 4 is 17.7 Å². The Bertz CT molecular complexity index is 644. The topological polar surface area (TPSA) is 96.7 Å². The number of aromatic amines is 1. The average Bonchev–Trinajstić information content (AvgIpc) is 3.14. The van der Waals surface area contributed by atoms with Gasteiger partial charge in [0.1, 0.15) is 6.33 Å². The van der Waals surface area contributed by atoms with E-state index in [4.69, 9.17) is 5.73 Å². The fourth-order valence-electron chi connectivity index (χ4n) is 3.10. The van der Waals surface area contributed by atoms with E-state index in [-0.39, 0.29) is 11.9 Å². The molecule has 4 N–H and O–H groups in total. The second kappa shape index (κ2) is 8.30. The first-order chi connectivity index (χ1) is 11.8. The van der Waals surface area contributed by atoms with Gasteiger partial charge in [-0.05, 0) is 43.0 Å². The molecule has 2 aromatic rings. The minimum atomic E-state index is -0.00483. The van der Waals surface area contributed by atoms with Gasteiger partial charge >= 0.3 is 0 Å². The Labute approximate surface area is 146 Å². The highest BCUT2D eigenvalue weighted by molar-refractivity contribution is 7.98. The lowest BCUT2D eigenvalue weighted by atomic mass is 9.84. The predicted octanol–water partition coefficient (Wildman–Crippen LogP) is 2.34. The molecular weight excluding hydrogens is 322 g/mol. The Morgan fingerprint density at radius 3 is 2.79 bits per heavy atom. The van der Waals surface area contributed by atoms with Crippen molar-refractivity contribution in [1.29, 1.82) is 0 Å². The third-order valence-corrected chi connectivity index (χ3v) is 5.46. The molecule has 1 aliphatic carbocycles. The van der Waals surface area contributed by atoms with Gasteiger partial charge in [-0.15, -0.1) is 0 Å². The second-order valence-corrected chi connectivity index (χ2v) is 7.10. The van der Waals surface area contributed by atoms with Crippen LogP contribution in [0, 0.1) is 5.92 Å². The van der Waals surface area contributed by atoms with E-state index in [0.29, 0.717) is 18.0 Å². The smallest absolute Gasteiger partial charge is 0.251 e. The number of thioether (sulfide) groups is 1. The van der Waals surface area contributed by atoms with Crippen LogP contribution in [0.25, 0.3) is 0 Å². The Kier molecular flexibility index (Phi) is 5.87. The van der Waals surface area contributed by atoms with Gasteiger partial charge < -0.3 is 11.1 Å². The van der Waals surface area contributed by atoms with E-state index in [1.807, 2.05) is 24.3 Å². The van der Waals surface area contributed by atoms with Gasteiger partial charge in [-0.1, -0.05) is 36.7 Å². The monoisotopic (exact) mass is 345 g/mol. The highest BCUT2D eigenvalue weighted by Gasteiger charge is 2.25. The first kappa shape index (κ1) is 17.0. The molecular formula is C17H23N5OS. The number of aromatic nitrogens is 3. The maximum absolute atomic E-state index is 12.4. The summed E-state index contributed by atoms with van der Waals surface area (Å²) in [4.78, 5) is 16.5. The number of nitrogens with two attached hydrogens (primary N) is 1. The van der Waals surface area contributed by atoms with Crippen LogP contribution in [0.1, 0.15) is 41.6 Å². The maximum atomic E-state index is 12.4. The van der Waals surface area contributed by atoms with Crippen LogP contribution in [0.3, 0.4) is 0 Å². The van der Waals surface area contributed by atoms with Crippen molar-refractivity contribution in [3.05, 3.63) is 41.7 Å². The van der Waals surface area contributed by atoms with Gasteiger partial charge in [0.15, 0.2) is 5.16 Å². The lowest BCUT2D eigenvalue weighted by Gasteiger charge is -2.31. The summed E-state index contributed by atoms with van der Waals surface area (Å²) in [7, 11) is 0. The van der Waals surface area contributed by atoms with E-state index >= 15 is 0 Å². The number of benzene rings is 1. The molecule has 7 heteroatoms. The number of hydrogen-bond acceptors (Lipinski definition) is 5. The van der Waals surface area contributed by atoms with Gasteiger partial charge in [-0.3, -0.25) is 9.89 Å². The van der Waals surface area contributed by atoms with E-state index in [1.54, 1.807) is 11.8 Å². The number of amides is 1. The van der Waals surface area contributed by atoms with Crippen molar-refractivity contribution < 1.29 is 4.79 Å². The van der Waals surface area contributed by atoms with Crippen molar-refractivity contribution in [3.8, 4) is 0 Å². The van der Waals surface area contributed by atoms with Crippen LogP contribution in [-0.4, -0.2) is 33.7 Å². The molecule has 1 aromatic heterocycles. The first-order valence-electron chi connectivity index (χ1n) is 8.34. The zero-order chi connectivity index (χ0) is 16.8. The third-order valence-electron chi connectivity index (χ3n) is 4.51. The number of nitrogens with zero attached hydrogens (tertiary/aromatic N) is 2. The van der Waals surface area contributed by atoms with Gasteiger partial charge in [-0.25, -0.2) is 4.98 Å². The van der Waals surface area contributed by atoms with Crippen LogP contribution >= 0.6 is 11.8 Å². The van der Waals surface area contributed by atoms with Crippen LogP contribution in [0.15, 0.2) is 35.7 Å². The fraction of sp³-hybridized carbons (Fsp3) is 0.471. The molecule has 128 valence electrons. The fourth-order valence-corrected chi connectivity index (χ4v) is 3.83. The molecule has 1 saturated carbocycles. The summed E-state index contributed by atoms with van der Waals surface area (Å²) in [6.07, 6.45) is 6.01. The molecule has 6 nitrogen and oxygen atoms in total. The zero-order valence-corrected chi connectivity index (χ0v) is 14.4. The molecule has 3 rings (SSSR count). The highest BCUT2D eigenvalue weighted by Crippen LogP contribution is 2.24. The quantitative estimate of drug-likeness (QED) is 0.698. The van der Waals surface area contributed by atoms with E-state index in [1.165, 1.54) is 19.2 Å². The first-order valence-corrected chi connectivity index (χ1v) is 9.33. The van der Waals surface area contributed by atoms with Crippen LogP contribution in [0.2, 0.25) is 0 Å². The average molecular weight is 345 g/mol. The minimum absolute atomic E-state index is 0.00483. The largest absolute Gasteiger partial charge is 0.349 e. The van der Waals surface area contributed by atoms with E-state index in [2.05, 4.69) is 20.5 Å². The molecule has 0 spiro atoms. The van der Waals surface area contributed by atoms with E-state index in [9.17, 15) is 4.79 Å². The molecule has 24 heavy (non-hydrogen) atoms. The van der Waals surface area contributed by atoms with Crippen LogP contribution in [0.5, 0.6) is 0 Å². The second-order valence-electron chi connectivity index (χ2n) is 6.14. The third kappa shape index (κ3) is 4.36. The van der Waals surface area contributed by atoms with Crippen molar-refractivity contribution in [2.24, 2.45) is 11.7 Å². The zero-order valence-electron chi connectivity index (χ0n) is 13.6. The number of hydrogen-bond donors (Lipinski definition) is 3. The molecule has 2 atom stereocenters. The Balaban J connectivity index is 1.55. The molecule has 1 heterocycles. The number of nitrogens with one attached hydrogen (secondary N) is 2. The lowest BCUT2D eigenvalue weighted by Crippen LogP contribution is -2.44. The number of carbonyl (C=O) groups excluding carboxylic acids is 1. The normalized spacial score (nSPS) is 20.7. The molecule has 0 radical (unpaired) electrons. The summed E-state index contributed by atoms with van der Waals surface area (Å²) in [6, 6.07) is 7.94. The summed E-state index contributed by atoms with van der Waals surface area (Å²) in [5.41, 5.74) is 7.68. The highest BCUT2D eigenvalue weighted by atomic mass is 32.2. The summed E-state index contributed by atoms with van der Waals surface area (Å²) in [5, 5.41) is 10.6. The van der Waals surface area contributed by atoms with E-state index in [0.717, 1.165) is 29.3 Å². The van der Waals surface area contributed by atoms with Crippen molar-refractivity contribution in [1.82, 2.24) is 20.5 Å². The molecule has 0 bridgehead atoms. The van der Waals surface area contributed by atoms with E-state index < -0.39 is 0 Å². The van der Waals surface area contributed by atoms with Crippen LogP contribution in [-0.2, 0) is 5.75 Å². The maximum Gasteiger partial charge on any atom is 0.251 e. The molecule has 1 amide bonds. The Morgan fingerprint density at radius 1 is 1.29 bits per heavy atom. The van der Waals surface area contributed by atoms with Crippen LogP contribution in [0.4, 0.5) is 0 Å². The molecule has 1 fully saturated rings. The molecule has 1 aromatic carbocycles. The predicted molar refractivity (Wildman–Crippen MR) is 94.7 cm³/mol. The van der Waals surface area contributed by atoms with Gasteiger partial charge in [0.2, 0.25) is 0 Å². The molecule has 2 unspecified atom stereocenters.